The van der Waals surface area contributed by atoms with E-state index in [0.29, 0.717) is 5.57 Å². The number of nitrogens with zero attached hydrogens (tertiary/aromatic N) is 4. The van der Waals surface area contributed by atoms with Gasteiger partial charge in [-0.2, -0.15) is 0 Å². The molecule has 0 aromatic carbocycles. The van der Waals surface area contributed by atoms with Crippen LogP contribution in [0.15, 0.2) is 29.5 Å². The molecule has 0 aromatic heterocycles. The number of hydrogen-bond donors (Lipinski definition) is 3. The van der Waals surface area contributed by atoms with E-state index in [1.165, 1.54) is 6.20 Å². The van der Waals surface area contributed by atoms with Crippen molar-refractivity contribution in [2.45, 2.75) is 30.6 Å². The molecule has 2 rings (SSSR count). The summed E-state index contributed by atoms with van der Waals surface area (Å²) in [5.74, 6) is -0.386. The van der Waals surface area contributed by atoms with Crippen molar-refractivity contribution in [2.75, 3.05) is 6.61 Å². The number of hydrogen-bond acceptors (Lipinski definition) is 6. The Kier molecular flexibility index (Phi) is 3.80. The van der Waals surface area contributed by atoms with E-state index in [4.69, 9.17) is 10.3 Å². The van der Waals surface area contributed by atoms with E-state index < -0.39 is 30.8 Å². The maximum absolute atomic E-state index is 11.9. The number of aliphatic hydroxyl groups is 3. The monoisotopic (exact) mass is 282 g/mol. The van der Waals surface area contributed by atoms with Gasteiger partial charge in [-0.05, 0) is 17.2 Å². The fourth-order valence-corrected chi connectivity index (χ4v) is 2.15. The van der Waals surface area contributed by atoms with Gasteiger partial charge < -0.3 is 20.1 Å². The lowest BCUT2D eigenvalue weighted by molar-refractivity contribution is -0.158. The Bertz CT molecular complexity index is 515. The molecule has 0 spiro atoms. The Hall–Kier alpha value is -1.90. The molecule has 0 unspecified atom stereocenters. The van der Waals surface area contributed by atoms with Crippen molar-refractivity contribution >= 4 is 5.91 Å². The van der Waals surface area contributed by atoms with Crippen LogP contribution >= 0.6 is 0 Å². The normalized spacial score (nSPS) is 37.1. The number of allylic oxidation sites excluding steroid dienone is 1. The molecule has 0 radical (unpaired) electrons. The first-order chi connectivity index (χ1) is 9.45. The minimum absolute atomic E-state index is 0.0484. The highest BCUT2D eigenvalue weighted by atomic mass is 16.6. The molecule has 0 saturated carbocycles. The number of amides is 1. The summed E-state index contributed by atoms with van der Waals surface area (Å²) < 4.78 is 5.26. The first-order valence-corrected chi connectivity index (χ1v) is 5.83. The second kappa shape index (κ2) is 5.23. The van der Waals surface area contributed by atoms with Gasteiger partial charge in [-0.25, -0.2) is 0 Å². The fourth-order valence-electron chi connectivity index (χ4n) is 2.15. The molecule has 1 fully saturated rings. The lowest BCUT2D eigenvalue weighted by atomic mass is 10.0. The van der Waals surface area contributed by atoms with Crippen molar-refractivity contribution in [1.82, 2.24) is 4.90 Å². The highest BCUT2D eigenvalue weighted by molar-refractivity contribution is 5.82. The maximum Gasteiger partial charge on any atom is 0.233 e. The summed E-state index contributed by atoms with van der Waals surface area (Å²) >= 11 is 0. The van der Waals surface area contributed by atoms with E-state index in [1.54, 1.807) is 6.08 Å². The predicted molar refractivity (Wildman–Crippen MR) is 65.6 cm³/mol. The third kappa shape index (κ3) is 2.17. The van der Waals surface area contributed by atoms with E-state index in [-0.39, 0.29) is 12.3 Å². The van der Waals surface area contributed by atoms with Gasteiger partial charge >= 0.3 is 0 Å². The van der Waals surface area contributed by atoms with Crippen LogP contribution in [0.25, 0.3) is 10.4 Å². The van der Waals surface area contributed by atoms with Gasteiger partial charge in [-0.3, -0.25) is 9.69 Å². The molecular weight excluding hydrogens is 268 g/mol. The van der Waals surface area contributed by atoms with Crippen molar-refractivity contribution in [3.8, 4) is 0 Å². The van der Waals surface area contributed by atoms with Crippen molar-refractivity contribution < 1.29 is 24.9 Å². The average molecular weight is 282 g/mol. The summed E-state index contributed by atoms with van der Waals surface area (Å²) in [7, 11) is 0. The lowest BCUT2D eigenvalue weighted by Crippen LogP contribution is -2.45. The van der Waals surface area contributed by atoms with Crippen LogP contribution in [0.4, 0.5) is 0 Å². The zero-order valence-corrected chi connectivity index (χ0v) is 10.5. The molecule has 2 aliphatic heterocycles. The van der Waals surface area contributed by atoms with Gasteiger partial charge in [0.25, 0.3) is 0 Å². The number of carbonyl (C=O) groups is 1. The molecule has 2 aliphatic rings. The number of rotatable bonds is 3. The summed E-state index contributed by atoms with van der Waals surface area (Å²) in [4.78, 5) is 15.4. The van der Waals surface area contributed by atoms with Crippen LogP contribution in [0.2, 0.25) is 0 Å². The Morgan fingerprint density at radius 3 is 2.90 bits per heavy atom. The van der Waals surface area contributed by atoms with Crippen LogP contribution in [-0.2, 0) is 9.53 Å². The molecule has 4 atom stereocenters. The molecule has 3 N–H and O–H groups in total. The van der Waals surface area contributed by atoms with E-state index in [1.807, 2.05) is 0 Å². The summed E-state index contributed by atoms with van der Waals surface area (Å²) in [6.45, 7) is 2.81. The largest absolute Gasteiger partial charge is 0.393 e. The van der Waals surface area contributed by atoms with Crippen molar-refractivity contribution in [3.63, 3.8) is 0 Å². The summed E-state index contributed by atoms with van der Waals surface area (Å²) in [6.07, 6.45) is -1.45. The maximum atomic E-state index is 11.9. The molecule has 2 heterocycles. The zero-order chi connectivity index (χ0) is 14.9. The van der Waals surface area contributed by atoms with Gasteiger partial charge in [0.15, 0.2) is 6.23 Å². The summed E-state index contributed by atoms with van der Waals surface area (Å²) in [5.41, 5.74) is 7.07. The first-order valence-electron chi connectivity index (χ1n) is 5.83. The number of carbonyl (C=O) groups excluding carboxylic acids is 1. The highest BCUT2D eigenvalue weighted by Crippen LogP contribution is 2.35. The molecule has 0 bridgehead atoms. The summed E-state index contributed by atoms with van der Waals surface area (Å²) in [5, 5.41) is 32.3. The van der Waals surface area contributed by atoms with Gasteiger partial charge in [0.1, 0.15) is 12.2 Å². The van der Waals surface area contributed by atoms with Crippen molar-refractivity contribution in [3.05, 3.63) is 34.9 Å². The Labute approximate surface area is 114 Å². The molecule has 1 amide bonds. The molecule has 0 aliphatic carbocycles. The quantitative estimate of drug-likeness (QED) is 0.359. The first kappa shape index (κ1) is 14.5. The average Bonchev–Trinajstić information content (AvgIpc) is 2.65. The van der Waals surface area contributed by atoms with E-state index >= 15 is 0 Å². The SMILES string of the molecule is C=C1C=CN([C@@H]2O[C@@](CO)(N=[N+]=[N-])[C@H](O)[C@H]2O)C(=O)C1. The fraction of sp³-hybridized carbons (Fsp3) is 0.545. The molecular formula is C11H14N4O5. The molecule has 9 nitrogen and oxygen atoms in total. The highest BCUT2D eigenvalue weighted by Gasteiger charge is 2.56. The van der Waals surface area contributed by atoms with Crippen LogP contribution in [0.3, 0.4) is 0 Å². The molecule has 1 saturated heterocycles. The number of ether oxygens (including phenoxy) is 1. The molecule has 0 aromatic rings. The third-order valence-corrected chi connectivity index (χ3v) is 3.25. The third-order valence-electron chi connectivity index (χ3n) is 3.25. The molecule has 9 heteroatoms. The topological polar surface area (TPSA) is 139 Å². The van der Waals surface area contributed by atoms with Gasteiger partial charge in [-0.1, -0.05) is 11.7 Å². The van der Waals surface area contributed by atoms with Gasteiger partial charge in [0, 0.05) is 11.1 Å². The predicted octanol–water partition coefficient (Wildman–Crippen LogP) is -0.634. The smallest absolute Gasteiger partial charge is 0.233 e. The van der Waals surface area contributed by atoms with Crippen LogP contribution in [0.1, 0.15) is 6.42 Å². The Morgan fingerprint density at radius 1 is 1.65 bits per heavy atom. The molecule has 20 heavy (non-hydrogen) atoms. The van der Waals surface area contributed by atoms with E-state index in [0.717, 1.165) is 4.90 Å². The van der Waals surface area contributed by atoms with Crippen LogP contribution in [-0.4, -0.2) is 56.9 Å². The van der Waals surface area contributed by atoms with Crippen molar-refractivity contribution in [1.29, 1.82) is 0 Å². The van der Waals surface area contributed by atoms with Crippen LogP contribution in [0.5, 0.6) is 0 Å². The minimum atomic E-state index is -2.01. The van der Waals surface area contributed by atoms with E-state index in [9.17, 15) is 20.1 Å². The zero-order valence-electron chi connectivity index (χ0n) is 10.5. The summed E-state index contributed by atoms with van der Waals surface area (Å²) in [6, 6.07) is 0. The second-order valence-electron chi connectivity index (χ2n) is 4.59. The van der Waals surface area contributed by atoms with Crippen LogP contribution in [0, 0.1) is 0 Å². The lowest BCUT2D eigenvalue weighted by Gasteiger charge is -2.30. The standard InChI is InChI=1S/C11H14N4O5/c1-6-2-3-15(7(17)4-6)10-8(18)9(19)11(5-16,20-10)13-14-12/h2-3,8-10,16,18-19H,1,4-5H2/t8-,9-,10-,11-/m1/s1. The van der Waals surface area contributed by atoms with Crippen LogP contribution < -0.4 is 0 Å². The van der Waals surface area contributed by atoms with Crippen molar-refractivity contribution in [2.24, 2.45) is 5.11 Å². The van der Waals surface area contributed by atoms with Gasteiger partial charge in [0.05, 0.1) is 13.0 Å². The van der Waals surface area contributed by atoms with Gasteiger partial charge in [0.2, 0.25) is 11.6 Å². The van der Waals surface area contributed by atoms with E-state index in [2.05, 4.69) is 16.6 Å². The Morgan fingerprint density at radius 2 is 2.35 bits per heavy atom. The minimum Gasteiger partial charge on any atom is -0.393 e. The number of aliphatic hydroxyl groups excluding tert-OH is 3. The number of azide groups is 1. The molecule has 108 valence electrons. The Balaban J connectivity index is 2.31. The van der Waals surface area contributed by atoms with Gasteiger partial charge in [-0.15, -0.1) is 0 Å². The second-order valence-corrected chi connectivity index (χ2v) is 4.59.